The molecule has 0 aliphatic carbocycles. The molecule has 0 saturated heterocycles. The lowest BCUT2D eigenvalue weighted by Crippen LogP contribution is -2.12. The first-order valence-corrected chi connectivity index (χ1v) is 8.25. The van der Waals surface area contributed by atoms with Crippen LogP contribution >= 0.6 is 0 Å². The third kappa shape index (κ3) is 3.24. The molecular weight excluding hydrogens is 286 g/mol. The van der Waals surface area contributed by atoms with Gasteiger partial charge in [0.1, 0.15) is 0 Å². The molecule has 5 nitrogen and oxygen atoms in total. The van der Waals surface area contributed by atoms with Crippen LogP contribution in [-0.2, 0) is 29.7 Å². The molecule has 0 radical (unpaired) electrons. The van der Waals surface area contributed by atoms with E-state index in [2.05, 4.69) is 28.8 Å². The Morgan fingerprint density at radius 1 is 1.05 bits per heavy atom. The summed E-state index contributed by atoms with van der Waals surface area (Å²) < 4.78 is 22.4. The highest BCUT2D eigenvalue weighted by molar-refractivity contribution is 7.89. The quantitative estimate of drug-likeness (QED) is 0.800. The second kappa shape index (κ2) is 5.48. The average molecular weight is 303 g/mol. The summed E-state index contributed by atoms with van der Waals surface area (Å²) in [5, 5.41) is 11.7. The number of primary sulfonamides is 1. The van der Waals surface area contributed by atoms with Crippen molar-refractivity contribution in [1.29, 1.82) is 0 Å². The topological polar surface area (TPSA) is 84.2 Å². The predicted octanol–water partition coefficient (Wildman–Crippen LogP) is 1.55. The van der Waals surface area contributed by atoms with E-state index in [0.29, 0.717) is 6.54 Å². The smallest absolute Gasteiger partial charge is 0.238 e. The second-order valence-corrected chi connectivity index (χ2v) is 6.69. The van der Waals surface area contributed by atoms with Gasteiger partial charge < -0.3 is 10.6 Å². The Labute approximate surface area is 124 Å². The Morgan fingerprint density at radius 3 is 2.48 bits per heavy atom. The number of rotatable bonds is 4. The van der Waals surface area contributed by atoms with Crippen LogP contribution < -0.4 is 15.8 Å². The fourth-order valence-electron chi connectivity index (χ4n) is 2.42. The fourth-order valence-corrected chi connectivity index (χ4v) is 2.94. The molecular formula is C15H17N3O2S. The zero-order chi connectivity index (χ0) is 14.9. The number of nitrogens with one attached hydrogen (secondary N) is 2. The highest BCUT2D eigenvalue weighted by atomic mass is 32.2. The minimum absolute atomic E-state index is 0.122. The molecule has 0 unspecified atom stereocenters. The van der Waals surface area contributed by atoms with Crippen LogP contribution in [0.5, 0.6) is 0 Å². The summed E-state index contributed by atoms with van der Waals surface area (Å²) in [6, 6.07) is 12.9. The second-order valence-electron chi connectivity index (χ2n) is 5.13. The summed E-state index contributed by atoms with van der Waals surface area (Å²) in [4.78, 5) is 0.122. The molecule has 1 aliphatic rings. The highest BCUT2D eigenvalue weighted by Crippen LogP contribution is 2.18. The summed E-state index contributed by atoms with van der Waals surface area (Å²) in [7, 11) is -3.63. The molecule has 3 rings (SSSR count). The van der Waals surface area contributed by atoms with E-state index in [1.165, 1.54) is 28.8 Å². The van der Waals surface area contributed by atoms with Crippen LogP contribution in [0, 0.1) is 0 Å². The molecule has 0 fully saturated rings. The minimum Gasteiger partial charge on any atom is -0.381 e. The standard InChI is InChI=1S/C15H17N3O2S/c16-21(19,20)15-5-3-14(4-6-15)18-8-11-1-2-12-9-17-10-13(12)7-11/h1-7,17-18H,8-10H2,(H2,16,19,20). The number of nitrogens with two attached hydrogens (primary N) is 1. The van der Waals surface area contributed by atoms with Gasteiger partial charge in [-0.15, -0.1) is 0 Å². The molecule has 1 aliphatic heterocycles. The van der Waals surface area contributed by atoms with Crippen LogP contribution in [-0.4, -0.2) is 8.42 Å². The van der Waals surface area contributed by atoms with E-state index in [4.69, 9.17) is 5.14 Å². The summed E-state index contributed by atoms with van der Waals surface area (Å²) in [5.74, 6) is 0. The third-order valence-corrected chi connectivity index (χ3v) is 4.51. The van der Waals surface area contributed by atoms with Crippen LogP contribution in [0.3, 0.4) is 0 Å². The lowest BCUT2D eigenvalue weighted by atomic mass is 10.1. The van der Waals surface area contributed by atoms with E-state index in [1.807, 2.05) is 0 Å². The van der Waals surface area contributed by atoms with Crippen molar-refractivity contribution in [1.82, 2.24) is 5.32 Å². The third-order valence-electron chi connectivity index (χ3n) is 3.58. The van der Waals surface area contributed by atoms with E-state index in [9.17, 15) is 8.42 Å². The Balaban J connectivity index is 1.68. The van der Waals surface area contributed by atoms with Crippen molar-refractivity contribution in [2.24, 2.45) is 5.14 Å². The molecule has 0 saturated carbocycles. The molecule has 110 valence electrons. The number of benzene rings is 2. The molecule has 0 aromatic heterocycles. The summed E-state index contributed by atoms with van der Waals surface area (Å²) >= 11 is 0. The van der Waals surface area contributed by atoms with Gasteiger partial charge in [0.2, 0.25) is 10.0 Å². The lowest BCUT2D eigenvalue weighted by Gasteiger charge is -2.08. The van der Waals surface area contributed by atoms with Gasteiger partial charge in [-0.1, -0.05) is 18.2 Å². The van der Waals surface area contributed by atoms with Crippen LogP contribution in [0.2, 0.25) is 0 Å². The van der Waals surface area contributed by atoms with Crippen molar-refractivity contribution in [2.45, 2.75) is 24.5 Å². The Bertz CT molecular complexity index is 755. The van der Waals surface area contributed by atoms with E-state index in [1.54, 1.807) is 12.1 Å². The van der Waals surface area contributed by atoms with Gasteiger partial charge in [0.25, 0.3) is 0 Å². The van der Waals surface area contributed by atoms with Gasteiger partial charge in [-0.05, 0) is 41.0 Å². The summed E-state index contributed by atoms with van der Waals surface area (Å²) in [6.45, 7) is 2.56. The molecule has 21 heavy (non-hydrogen) atoms. The summed E-state index contributed by atoms with van der Waals surface area (Å²) in [6.07, 6.45) is 0. The molecule has 6 heteroatoms. The maximum Gasteiger partial charge on any atom is 0.238 e. The van der Waals surface area contributed by atoms with Gasteiger partial charge in [-0.3, -0.25) is 0 Å². The molecule has 0 spiro atoms. The van der Waals surface area contributed by atoms with E-state index in [-0.39, 0.29) is 4.90 Å². The molecule has 4 N–H and O–H groups in total. The average Bonchev–Trinajstić information content (AvgIpc) is 2.92. The van der Waals surface area contributed by atoms with Crippen LogP contribution in [0.1, 0.15) is 16.7 Å². The van der Waals surface area contributed by atoms with E-state index in [0.717, 1.165) is 18.8 Å². The maximum absolute atomic E-state index is 11.2. The molecule has 0 amide bonds. The van der Waals surface area contributed by atoms with Crippen molar-refractivity contribution < 1.29 is 8.42 Å². The Morgan fingerprint density at radius 2 is 1.76 bits per heavy atom. The normalized spacial score (nSPS) is 14.0. The van der Waals surface area contributed by atoms with E-state index < -0.39 is 10.0 Å². The molecule has 0 bridgehead atoms. The predicted molar refractivity (Wildman–Crippen MR) is 82.1 cm³/mol. The number of fused-ring (bicyclic) bond motifs is 1. The van der Waals surface area contributed by atoms with Crippen molar-refractivity contribution in [3.8, 4) is 0 Å². The van der Waals surface area contributed by atoms with Gasteiger partial charge in [0, 0.05) is 25.3 Å². The van der Waals surface area contributed by atoms with Gasteiger partial charge in [-0.2, -0.15) is 0 Å². The number of sulfonamides is 1. The monoisotopic (exact) mass is 303 g/mol. The first-order valence-electron chi connectivity index (χ1n) is 6.70. The Kier molecular flexibility index (Phi) is 3.67. The Hall–Kier alpha value is -1.89. The molecule has 0 atom stereocenters. The van der Waals surface area contributed by atoms with Gasteiger partial charge >= 0.3 is 0 Å². The minimum atomic E-state index is -3.63. The zero-order valence-electron chi connectivity index (χ0n) is 11.5. The van der Waals surface area contributed by atoms with Crippen LogP contribution in [0.4, 0.5) is 5.69 Å². The molecule has 2 aromatic carbocycles. The number of hydrogen-bond acceptors (Lipinski definition) is 4. The van der Waals surface area contributed by atoms with Gasteiger partial charge in [0.05, 0.1) is 4.90 Å². The molecule has 2 aromatic rings. The first kappa shape index (κ1) is 14.1. The van der Waals surface area contributed by atoms with Crippen LogP contribution in [0.25, 0.3) is 0 Å². The number of hydrogen-bond donors (Lipinski definition) is 3. The van der Waals surface area contributed by atoms with Gasteiger partial charge in [0.15, 0.2) is 0 Å². The largest absolute Gasteiger partial charge is 0.381 e. The van der Waals surface area contributed by atoms with Gasteiger partial charge in [-0.25, -0.2) is 13.6 Å². The maximum atomic E-state index is 11.2. The molecule has 1 heterocycles. The number of anilines is 1. The summed E-state index contributed by atoms with van der Waals surface area (Å²) in [5.41, 5.74) is 4.77. The van der Waals surface area contributed by atoms with Crippen LogP contribution in [0.15, 0.2) is 47.4 Å². The highest BCUT2D eigenvalue weighted by Gasteiger charge is 2.10. The first-order chi connectivity index (χ1) is 10.0. The van der Waals surface area contributed by atoms with Crippen molar-refractivity contribution in [2.75, 3.05) is 5.32 Å². The zero-order valence-corrected chi connectivity index (χ0v) is 12.3. The fraction of sp³-hybridized carbons (Fsp3) is 0.200. The van der Waals surface area contributed by atoms with Crippen molar-refractivity contribution in [3.63, 3.8) is 0 Å². The van der Waals surface area contributed by atoms with Crippen molar-refractivity contribution in [3.05, 3.63) is 59.2 Å². The van der Waals surface area contributed by atoms with E-state index >= 15 is 0 Å². The lowest BCUT2D eigenvalue weighted by molar-refractivity contribution is 0.598. The van der Waals surface area contributed by atoms with Crippen molar-refractivity contribution >= 4 is 15.7 Å². The SMILES string of the molecule is NS(=O)(=O)c1ccc(NCc2ccc3c(c2)CNC3)cc1.